The number of hydrogen-bond donors (Lipinski definition) is 0. The van der Waals surface area contributed by atoms with Crippen LogP contribution in [0.1, 0.15) is 37.9 Å². The van der Waals surface area contributed by atoms with Gasteiger partial charge in [0, 0.05) is 40.3 Å². The number of hydrogen-bond acceptors (Lipinski definition) is 5. The number of ketones is 1. The molecule has 0 aliphatic rings. The SMILES string of the molecule is Cc1ccc(CC(=O)OCC(=O)c2cc(C)n(CCc3cccs3)c2C)cn1. The Hall–Kier alpha value is -2.73. The molecule has 3 aromatic rings. The Morgan fingerprint density at radius 3 is 2.68 bits per heavy atom. The Morgan fingerprint density at radius 2 is 2.00 bits per heavy atom. The normalized spacial score (nSPS) is 10.8. The predicted molar refractivity (Wildman–Crippen MR) is 110 cm³/mol. The van der Waals surface area contributed by atoms with E-state index in [1.165, 1.54) is 4.88 Å². The van der Waals surface area contributed by atoms with Crippen LogP contribution in [-0.2, 0) is 28.9 Å². The Balaban J connectivity index is 1.57. The highest BCUT2D eigenvalue weighted by atomic mass is 32.1. The van der Waals surface area contributed by atoms with Crippen LogP contribution >= 0.6 is 11.3 Å². The Morgan fingerprint density at radius 1 is 1.18 bits per heavy atom. The van der Waals surface area contributed by atoms with Crippen LogP contribution in [0.15, 0.2) is 41.9 Å². The average Bonchev–Trinajstić information content (AvgIpc) is 3.28. The molecule has 0 aromatic carbocycles. The summed E-state index contributed by atoms with van der Waals surface area (Å²) in [6.45, 7) is 6.40. The smallest absolute Gasteiger partial charge is 0.310 e. The number of carbonyl (C=O) groups excluding carboxylic acids is 2. The molecule has 28 heavy (non-hydrogen) atoms. The molecule has 0 spiro atoms. The summed E-state index contributed by atoms with van der Waals surface area (Å²) in [5.41, 5.74) is 4.23. The summed E-state index contributed by atoms with van der Waals surface area (Å²) in [4.78, 5) is 30.1. The second-order valence-electron chi connectivity index (χ2n) is 6.83. The van der Waals surface area contributed by atoms with Gasteiger partial charge in [0.25, 0.3) is 0 Å². The molecular weight excluding hydrogens is 372 g/mol. The average molecular weight is 397 g/mol. The third kappa shape index (κ3) is 4.95. The van der Waals surface area contributed by atoms with Gasteiger partial charge in [-0.25, -0.2) is 0 Å². The van der Waals surface area contributed by atoms with Crippen molar-refractivity contribution >= 4 is 23.1 Å². The number of nitrogens with zero attached hydrogens (tertiary/aromatic N) is 2. The van der Waals surface area contributed by atoms with Gasteiger partial charge in [-0.05, 0) is 56.3 Å². The van der Waals surface area contributed by atoms with Crippen LogP contribution in [0.4, 0.5) is 0 Å². The minimum absolute atomic E-state index is 0.112. The second kappa shape index (κ2) is 8.97. The molecule has 0 amide bonds. The monoisotopic (exact) mass is 396 g/mol. The summed E-state index contributed by atoms with van der Waals surface area (Å²) >= 11 is 1.74. The first-order valence-electron chi connectivity index (χ1n) is 9.23. The van der Waals surface area contributed by atoms with E-state index in [2.05, 4.69) is 21.0 Å². The molecular formula is C22H24N2O3S. The first-order valence-corrected chi connectivity index (χ1v) is 10.1. The molecule has 146 valence electrons. The summed E-state index contributed by atoms with van der Waals surface area (Å²) in [6.07, 6.45) is 2.70. The van der Waals surface area contributed by atoms with Gasteiger partial charge >= 0.3 is 5.97 Å². The molecule has 3 rings (SSSR count). The van der Waals surface area contributed by atoms with Crippen molar-refractivity contribution in [3.05, 3.63) is 75.0 Å². The van der Waals surface area contributed by atoms with Crippen LogP contribution in [0, 0.1) is 20.8 Å². The standard InChI is InChI=1S/C22H24N2O3S/c1-15-6-7-18(13-23-15)12-22(26)27-14-21(25)20-11-16(2)24(17(20)3)9-8-19-5-4-10-28-19/h4-7,10-11,13H,8-9,12,14H2,1-3H3. The Bertz CT molecular complexity index is 957. The van der Waals surface area contributed by atoms with Crippen molar-refractivity contribution in [2.45, 2.75) is 40.2 Å². The van der Waals surface area contributed by atoms with Gasteiger partial charge < -0.3 is 9.30 Å². The molecule has 0 atom stereocenters. The third-order valence-electron chi connectivity index (χ3n) is 4.72. The van der Waals surface area contributed by atoms with E-state index in [0.717, 1.165) is 35.6 Å². The van der Waals surface area contributed by atoms with Crippen molar-refractivity contribution in [3.63, 3.8) is 0 Å². The van der Waals surface area contributed by atoms with Crippen molar-refractivity contribution in [2.75, 3.05) is 6.61 Å². The lowest BCUT2D eigenvalue weighted by Gasteiger charge is -2.09. The zero-order chi connectivity index (χ0) is 20.1. The second-order valence-corrected chi connectivity index (χ2v) is 7.87. The molecule has 0 saturated heterocycles. The molecule has 0 unspecified atom stereocenters. The van der Waals surface area contributed by atoms with Gasteiger partial charge in [-0.3, -0.25) is 14.6 Å². The highest BCUT2D eigenvalue weighted by molar-refractivity contribution is 7.09. The van der Waals surface area contributed by atoms with Crippen molar-refractivity contribution < 1.29 is 14.3 Å². The number of esters is 1. The van der Waals surface area contributed by atoms with Gasteiger partial charge in [-0.15, -0.1) is 11.3 Å². The number of rotatable bonds is 8. The number of pyridine rings is 1. The molecule has 0 fully saturated rings. The van der Waals surface area contributed by atoms with Crippen LogP contribution in [0.5, 0.6) is 0 Å². The van der Waals surface area contributed by atoms with Gasteiger partial charge in [0.2, 0.25) is 5.78 Å². The number of thiophene rings is 1. The minimum atomic E-state index is -0.425. The molecule has 0 radical (unpaired) electrons. The minimum Gasteiger partial charge on any atom is -0.457 e. The lowest BCUT2D eigenvalue weighted by molar-refractivity contribution is -0.141. The molecule has 3 aromatic heterocycles. The highest BCUT2D eigenvalue weighted by Gasteiger charge is 2.17. The quantitative estimate of drug-likeness (QED) is 0.425. The lowest BCUT2D eigenvalue weighted by Crippen LogP contribution is -2.16. The summed E-state index contributed by atoms with van der Waals surface area (Å²) in [7, 11) is 0. The summed E-state index contributed by atoms with van der Waals surface area (Å²) < 4.78 is 7.34. The number of Topliss-reactive ketones (excluding diaryl/α,β-unsaturated/α-hetero) is 1. The van der Waals surface area contributed by atoms with Crippen LogP contribution in [0.3, 0.4) is 0 Å². The zero-order valence-electron chi connectivity index (χ0n) is 16.4. The van der Waals surface area contributed by atoms with E-state index in [0.29, 0.717) is 5.56 Å². The molecule has 0 aliphatic carbocycles. The van der Waals surface area contributed by atoms with Crippen LogP contribution in [-0.4, -0.2) is 27.9 Å². The maximum absolute atomic E-state index is 12.6. The van der Waals surface area contributed by atoms with Gasteiger partial charge in [-0.2, -0.15) is 0 Å². The number of aromatic nitrogens is 2. The fourth-order valence-electron chi connectivity index (χ4n) is 3.15. The Kier molecular flexibility index (Phi) is 6.41. The fraction of sp³-hybridized carbons (Fsp3) is 0.318. The molecule has 0 aliphatic heterocycles. The van der Waals surface area contributed by atoms with Gasteiger partial charge in [-0.1, -0.05) is 12.1 Å². The first-order chi connectivity index (χ1) is 13.4. The first kappa shape index (κ1) is 20.0. The maximum atomic E-state index is 12.6. The molecule has 0 N–H and O–H groups in total. The topological polar surface area (TPSA) is 61.2 Å². The maximum Gasteiger partial charge on any atom is 0.310 e. The fourth-order valence-corrected chi connectivity index (χ4v) is 3.85. The number of aryl methyl sites for hydroxylation is 3. The van der Waals surface area contributed by atoms with Gasteiger partial charge in [0.1, 0.15) is 0 Å². The van der Waals surface area contributed by atoms with Crippen LogP contribution < -0.4 is 0 Å². The van der Waals surface area contributed by atoms with Crippen LogP contribution in [0.2, 0.25) is 0 Å². The lowest BCUT2D eigenvalue weighted by atomic mass is 10.1. The highest BCUT2D eigenvalue weighted by Crippen LogP contribution is 2.18. The van der Waals surface area contributed by atoms with E-state index in [1.54, 1.807) is 17.5 Å². The van der Waals surface area contributed by atoms with E-state index < -0.39 is 5.97 Å². The van der Waals surface area contributed by atoms with Gasteiger partial charge in [0.05, 0.1) is 6.42 Å². The summed E-state index contributed by atoms with van der Waals surface area (Å²) in [5.74, 6) is -0.601. The van der Waals surface area contributed by atoms with Gasteiger partial charge in [0.15, 0.2) is 6.61 Å². The zero-order valence-corrected chi connectivity index (χ0v) is 17.2. The number of carbonyl (C=O) groups is 2. The van der Waals surface area contributed by atoms with E-state index in [4.69, 9.17) is 4.74 Å². The van der Waals surface area contributed by atoms with E-state index in [1.807, 2.05) is 45.0 Å². The van der Waals surface area contributed by atoms with E-state index in [-0.39, 0.29) is 18.8 Å². The summed E-state index contributed by atoms with van der Waals surface area (Å²) in [6, 6.07) is 9.73. The third-order valence-corrected chi connectivity index (χ3v) is 5.66. The molecule has 0 bridgehead atoms. The van der Waals surface area contributed by atoms with Crippen LogP contribution in [0.25, 0.3) is 0 Å². The molecule has 6 heteroatoms. The summed E-state index contributed by atoms with van der Waals surface area (Å²) in [5, 5.41) is 2.07. The largest absolute Gasteiger partial charge is 0.457 e. The predicted octanol–water partition coefficient (Wildman–Crippen LogP) is 4.08. The Labute approximate surface area is 169 Å². The van der Waals surface area contributed by atoms with Crippen molar-refractivity contribution in [2.24, 2.45) is 0 Å². The molecule has 5 nitrogen and oxygen atoms in total. The van der Waals surface area contributed by atoms with Crippen molar-refractivity contribution in [3.8, 4) is 0 Å². The number of ether oxygens (including phenoxy) is 1. The molecule has 3 heterocycles. The van der Waals surface area contributed by atoms with E-state index >= 15 is 0 Å². The van der Waals surface area contributed by atoms with Crippen molar-refractivity contribution in [1.29, 1.82) is 0 Å². The molecule has 0 saturated carbocycles. The van der Waals surface area contributed by atoms with Crippen molar-refractivity contribution in [1.82, 2.24) is 9.55 Å². The van der Waals surface area contributed by atoms with E-state index in [9.17, 15) is 9.59 Å².